The van der Waals surface area contributed by atoms with Crippen LogP contribution in [0.5, 0.6) is 0 Å². The highest BCUT2D eigenvalue weighted by Crippen LogP contribution is 1.89. The van der Waals surface area contributed by atoms with E-state index in [-0.39, 0.29) is 12.1 Å². The van der Waals surface area contributed by atoms with E-state index in [9.17, 15) is 8.42 Å². The lowest BCUT2D eigenvalue weighted by atomic mass is 10.2. The number of nitrogens with two attached hydrogens (primary N) is 1. The maximum Gasteiger partial charge on any atom is 0.208 e. The zero-order valence-electron chi connectivity index (χ0n) is 6.46. The highest BCUT2D eigenvalue weighted by molar-refractivity contribution is 7.88. The molecule has 3 N–H and O–H groups in total. The Kier molecular flexibility index (Phi) is 3.27. The Bertz CT molecular complexity index is 186. The van der Waals surface area contributed by atoms with Crippen LogP contribution in [0.2, 0.25) is 0 Å². The first kappa shape index (κ1) is 9.87. The molecular formula is C5H14N2O2S. The summed E-state index contributed by atoms with van der Waals surface area (Å²) >= 11 is 0. The van der Waals surface area contributed by atoms with Crippen LogP contribution in [-0.2, 0) is 10.0 Å². The van der Waals surface area contributed by atoms with Gasteiger partial charge in [0, 0.05) is 12.1 Å². The molecule has 0 aliphatic rings. The molecule has 0 heterocycles. The summed E-state index contributed by atoms with van der Waals surface area (Å²) in [6.45, 7) is 3.48. The zero-order chi connectivity index (χ0) is 8.36. The van der Waals surface area contributed by atoms with Crippen molar-refractivity contribution in [2.24, 2.45) is 5.73 Å². The molecule has 0 radical (unpaired) electrons. The van der Waals surface area contributed by atoms with Gasteiger partial charge in [-0.2, -0.15) is 0 Å². The van der Waals surface area contributed by atoms with Crippen molar-refractivity contribution in [1.29, 1.82) is 0 Å². The van der Waals surface area contributed by atoms with Crippen molar-refractivity contribution in [2.75, 3.05) is 6.26 Å². The minimum Gasteiger partial charge on any atom is -0.327 e. The average molecular weight is 166 g/mol. The molecule has 0 aromatic heterocycles. The fourth-order valence-electron chi connectivity index (χ4n) is 0.445. The summed E-state index contributed by atoms with van der Waals surface area (Å²) in [5, 5.41) is 0. The molecule has 0 saturated heterocycles. The molecule has 4 nitrogen and oxygen atoms in total. The van der Waals surface area contributed by atoms with Crippen LogP contribution in [0.4, 0.5) is 0 Å². The maximum absolute atomic E-state index is 10.6. The number of hydrogen-bond donors (Lipinski definition) is 2. The van der Waals surface area contributed by atoms with Gasteiger partial charge in [0.15, 0.2) is 0 Å². The molecule has 0 fully saturated rings. The van der Waals surface area contributed by atoms with Gasteiger partial charge >= 0.3 is 0 Å². The van der Waals surface area contributed by atoms with Crippen LogP contribution < -0.4 is 10.5 Å². The Morgan fingerprint density at radius 3 is 1.90 bits per heavy atom. The third-order valence-electron chi connectivity index (χ3n) is 1.19. The molecule has 0 aromatic carbocycles. The van der Waals surface area contributed by atoms with E-state index in [2.05, 4.69) is 4.72 Å². The number of rotatable bonds is 3. The summed E-state index contributed by atoms with van der Waals surface area (Å²) in [4.78, 5) is 0. The molecule has 2 atom stereocenters. The molecule has 0 amide bonds. The highest BCUT2D eigenvalue weighted by atomic mass is 32.2. The summed E-state index contributed by atoms with van der Waals surface area (Å²) < 4.78 is 23.5. The zero-order valence-corrected chi connectivity index (χ0v) is 7.27. The van der Waals surface area contributed by atoms with Crippen LogP contribution in [-0.4, -0.2) is 26.8 Å². The SMILES string of the molecule is CC(N)C(C)NS(C)(=O)=O. The topological polar surface area (TPSA) is 72.2 Å². The van der Waals surface area contributed by atoms with Crippen LogP contribution in [0.15, 0.2) is 0 Å². The third kappa shape index (κ3) is 4.72. The molecule has 10 heavy (non-hydrogen) atoms. The lowest BCUT2D eigenvalue weighted by Crippen LogP contribution is -2.43. The first-order chi connectivity index (χ1) is 4.33. The lowest BCUT2D eigenvalue weighted by Gasteiger charge is -2.15. The van der Waals surface area contributed by atoms with Crippen molar-refractivity contribution in [2.45, 2.75) is 25.9 Å². The van der Waals surface area contributed by atoms with Crippen molar-refractivity contribution in [3.63, 3.8) is 0 Å². The normalized spacial score (nSPS) is 18.4. The van der Waals surface area contributed by atoms with Crippen molar-refractivity contribution in [1.82, 2.24) is 4.72 Å². The molecule has 0 saturated carbocycles. The second-order valence-electron chi connectivity index (χ2n) is 2.54. The monoisotopic (exact) mass is 166 g/mol. The van der Waals surface area contributed by atoms with E-state index in [1.165, 1.54) is 0 Å². The summed E-state index contributed by atoms with van der Waals surface area (Å²) in [6.07, 6.45) is 1.12. The van der Waals surface area contributed by atoms with Crippen LogP contribution in [0.3, 0.4) is 0 Å². The van der Waals surface area contributed by atoms with Gasteiger partial charge in [-0.25, -0.2) is 13.1 Å². The molecule has 0 rings (SSSR count). The van der Waals surface area contributed by atoms with Gasteiger partial charge in [-0.1, -0.05) is 0 Å². The van der Waals surface area contributed by atoms with Crippen LogP contribution in [0.25, 0.3) is 0 Å². The van der Waals surface area contributed by atoms with Gasteiger partial charge in [-0.15, -0.1) is 0 Å². The second kappa shape index (κ2) is 3.32. The number of hydrogen-bond acceptors (Lipinski definition) is 3. The second-order valence-corrected chi connectivity index (χ2v) is 4.32. The van der Waals surface area contributed by atoms with Gasteiger partial charge in [0.25, 0.3) is 0 Å². The van der Waals surface area contributed by atoms with E-state index < -0.39 is 10.0 Å². The third-order valence-corrected chi connectivity index (χ3v) is 1.99. The average Bonchev–Trinajstić information content (AvgIpc) is 1.60. The molecule has 0 spiro atoms. The van der Waals surface area contributed by atoms with E-state index >= 15 is 0 Å². The van der Waals surface area contributed by atoms with Gasteiger partial charge in [0.2, 0.25) is 10.0 Å². The molecule has 2 unspecified atom stereocenters. The molecule has 62 valence electrons. The first-order valence-corrected chi connectivity index (χ1v) is 4.95. The fourth-order valence-corrected chi connectivity index (χ4v) is 1.33. The van der Waals surface area contributed by atoms with Crippen LogP contribution in [0.1, 0.15) is 13.8 Å². The van der Waals surface area contributed by atoms with Crippen LogP contribution in [0, 0.1) is 0 Å². The molecule has 0 aromatic rings. The van der Waals surface area contributed by atoms with Gasteiger partial charge in [0.1, 0.15) is 0 Å². The van der Waals surface area contributed by atoms with E-state index in [0.717, 1.165) is 6.26 Å². The predicted octanol–water partition coefficient (Wildman–Crippen LogP) is -0.729. The first-order valence-electron chi connectivity index (χ1n) is 3.06. The standard InChI is InChI=1S/C5H14N2O2S/c1-4(6)5(2)7-10(3,8)9/h4-5,7H,6H2,1-3H3. The van der Waals surface area contributed by atoms with Gasteiger partial charge in [-0.05, 0) is 13.8 Å². The van der Waals surface area contributed by atoms with E-state index in [4.69, 9.17) is 5.73 Å². The fraction of sp³-hybridized carbons (Fsp3) is 1.00. The number of sulfonamides is 1. The largest absolute Gasteiger partial charge is 0.327 e. The predicted molar refractivity (Wildman–Crippen MR) is 41.1 cm³/mol. The molecular weight excluding hydrogens is 152 g/mol. The van der Waals surface area contributed by atoms with Crippen molar-refractivity contribution >= 4 is 10.0 Å². The Hall–Kier alpha value is -0.130. The lowest BCUT2D eigenvalue weighted by molar-refractivity contribution is 0.527. The van der Waals surface area contributed by atoms with E-state index in [1.54, 1.807) is 13.8 Å². The molecule has 0 aliphatic carbocycles. The summed E-state index contributed by atoms with van der Waals surface area (Å²) in [5.41, 5.74) is 5.42. The molecule has 0 aliphatic heterocycles. The summed E-state index contributed by atoms with van der Waals surface area (Å²) in [6, 6.07) is -0.357. The Morgan fingerprint density at radius 1 is 1.40 bits per heavy atom. The smallest absolute Gasteiger partial charge is 0.208 e. The minimum atomic E-state index is -3.10. The Morgan fingerprint density at radius 2 is 1.80 bits per heavy atom. The van der Waals surface area contributed by atoms with E-state index in [0.29, 0.717) is 0 Å². The summed E-state index contributed by atoms with van der Waals surface area (Å²) in [7, 11) is -3.10. The Balaban J connectivity index is 3.93. The molecule has 5 heteroatoms. The number of nitrogens with one attached hydrogen (secondary N) is 1. The summed E-state index contributed by atoms with van der Waals surface area (Å²) in [5.74, 6) is 0. The van der Waals surface area contributed by atoms with Crippen molar-refractivity contribution < 1.29 is 8.42 Å². The highest BCUT2D eigenvalue weighted by Gasteiger charge is 2.11. The van der Waals surface area contributed by atoms with E-state index in [1.807, 2.05) is 0 Å². The molecule has 0 bridgehead atoms. The van der Waals surface area contributed by atoms with Gasteiger partial charge in [-0.3, -0.25) is 0 Å². The Labute approximate surface area is 61.8 Å². The maximum atomic E-state index is 10.6. The minimum absolute atomic E-state index is 0.158. The van der Waals surface area contributed by atoms with Gasteiger partial charge in [0.05, 0.1) is 6.26 Å². The van der Waals surface area contributed by atoms with Crippen molar-refractivity contribution in [3.05, 3.63) is 0 Å². The van der Waals surface area contributed by atoms with Crippen LogP contribution >= 0.6 is 0 Å². The van der Waals surface area contributed by atoms with Gasteiger partial charge < -0.3 is 5.73 Å². The van der Waals surface area contributed by atoms with Crippen molar-refractivity contribution in [3.8, 4) is 0 Å². The quantitative estimate of drug-likeness (QED) is 0.580.